The Hall–Kier alpha value is -0.530. The van der Waals surface area contributed by atoms with Crippen LogP contribution in [0.25, 0.3) is 0 Å². The summed E-state index contributed by atoms with van der Waals surface area (Å²) < 4.78 is 26.6. The van der Waals surface area contributed by atoms with Gasteiger partial charge in [0.2, 0.25) is 0 Å². The zero-order valence-corrected chi connectivity index (χ0v) is 14.5. The van der Waals surface area contributed by atoms with Crippen molar-refractivity contribution >= 4 is 5.78 Å². The number of rotatable bonds is 16. The molecule has 0 saturated heterocycles. The maximum atomic E-state index is 11.3. The lowest BCUT2D eigenvalue weighted by Gasteiger charge is -2.09. The summed E-state index contributed by atoms with van der Waals surface area (Å²) in [6, 6.07) is 0. The van der Waals surface area contributed by atoms with Gasteiger partial charge in [-0.3, -0.25) is 4.79 Å². The smallest absolute Gasteiger partial charge is 0.160 e. The number of ketones is 1. The van der Waals surface area contributed by atoms with Gasteiger partial charge >= 0.3 is 0 Å². The van der Waals surface area contributed by atoms with Gasteiger partial charge in [0.05, 0.1) is 59.0 Å². The third kappa shape index (κ3) is 15.9. The van der Waals surface area contributed by atoms with Gasteiger partial charge in [0.15, 0.2) is 5.78 Å². The molecule has 0 atom stereocenters. The molecule has 0 amide bonds. The van der Waals surface area contributed by atoms with Gasteiger partial charge in [-0.25, -0.2) is 0 Å². The summed E-state index contributed by atoms with van der Waals surface area (Å²) in [5.41, 5.74) is 0. The molecule has 0 spiro atoms. The van der Waals surface area contributed by atoms with Crippen LogP contribution in [0.3, 0.4) is 0 Å². The Morgan fingerprint density at radius 2 is 1.09 bits per heavy atom. The molecule has 6 nitrogen and oxygen atoms in total. The molecular formula is C16H32O6. The number of hydrogen-bond acceptors (Lipinski definition) is 6. The van der Waals surface area contributed by atoms with E-state index in [-0.39, 0.29) is 24.4 Å². The van der Waals surface area contributed by atoms with E-state index in [0.29, 0.717) is 52.9 Å². The van der Waals surface area contributed by atoms with E-state index >= 15 is 0 Å². The Balaban J connectivity index is 3.07. The molecule has 0 aliphatic heterocycles. The second-order valence-corrected chi connectivity index (χ2v) is 5.43. The molecule has 0 aliphatic carbocycles. The zero-order chi connectivity index (χ0) is 16.6. The van der Waals surface area contributed by atoms with Gasteiger partial charge < -0.3 is 23.7 Å². The van der Waals surface area contributed by atoms with Crippen LogP contribution in [0.2, 0.25) is 0 Å². The minimum Gasteiger partial charge on any atom is -0.377 e. The standard InChI is InChI=1S/C16H32O6/c1-14(2)16(17)13-21-10-9-19-6-5-18-7-8-20-11-12-22-15(3)4/h14-15H,5-13H2,1-4H3. The Morgan fingerprint density at radius 3 is 1.50 bits per heavy atom. The lowest BCUT2D eigenvalue weighted by Crippen LogP contribution is -2.17. The Bertz CT molecular complexity index is 255. The molecule has 0 N–H and O–H groups in total. The van der Waals surface area contributed by atoms with Crippen LogP contribution in [0, 0.1) is 5.92 Å². The summed E-state index contributed by atoms with van der Waals surface area (Å²) in [4.78, 5) is 11.3. The quantitative estimate of drug-likeness (QED) is 0.403. The van der Waals surface area contributed by atoms with Crippen molar-refractivity contribution in [1.82, 2.24) is 0 Å². The molecule has 22 heavy (non-hydrogen) atoms. The highest BCUT2D eigenvalue weighted by Gasteiger charge is 2.06. The van der Waals surface area contributed by atoms with Crippen LogP contribution in [-0.2, 0) is 28.5 Å². The number of carbonyl (C=O) groups is 1. The highest BCUT2D eigenvalue weighted by Crippen LogP contribution is 1.94. The summed E-state index contributed by atoms with van der Waals surface area (Å²) in [7, 11) is 0. The van der Waals surface area contributed by atoms with Gasteiger partial charge in [0.1, 0.15) is 6.61 Å². The summed E-state index contributed by atoms with van der Waals surface area (Å²) in [5, 5.41) is 0. The molecule has 0 aromatic heterocycles. The van der Waals surface area contributed by atoms with Crippen molar-refractivity contribution in [3.05, 3.63) is 0 Å². The topological polar surface area (TPSA) is 63.2 Å². The second-order valence-electron chi connectivity index (χ2n) is 5.43. The molecular weight excluding hydrogens is 288 g/mol. The van der Waals surface area contributed by atoms with Crippen LogP contribution in [-0.4, -0.2) is 71.3 Å². The van der Waals surface area contributed by atoms with E-state index < -0.39 is 0 Å². The SMILES string of the molecule is CC(C)OCCOCCOCCOCCOCC(=O)C(C)C. The van der Waals surface area contributed by atoms with E-state index in [4.69, 9.17) is 23.7 Å². The monoisotopic (exact) mass is 320 g/mol. The van der Waals surface area contributed by atoms with Gasteiger partial charge in [0, 0.05) is 5.92 Å². The van der Waals surface area contributed by atoms with Crippen molar-refractivity contribution in [2.75, 3.05) is 59.5 Å². The summed E-state index contributed by atoms with van der Waals surface area (Å²) in [6.45, 7) is 12.1. The molecule has 0 heterocycles. The molecule has 0 rings (SSSR count). The molecule has 0 bridgehead atoms. The summed E-state index contributed by atoms with van der Waals surface area (Å²) in [5.74, 6) is 0.135. The fourth-order valence-corrected chi connectivity index (χ4v) is 1.34. The van der Waals surface area contributed by atoms with E-state index in [1.807, 2.05) is 27.7 Å². The first-order valence-electron chi connectivity index (χ1n) is 7.99. The zero-order valence-electron chi connectivity index (χ0n) is 14.5. The number of Topliss-reactive ketones (excluding diaryl/α,β-unsaturated/α-hetero) is 1. The van der Waals surface area contributed by atoms with Gasteiger partial charge in [-0.15, -0.1) is 0 Å². The minimum absolute atomic E-state index is 0.0217. The van der Waals surface area contributed by atoms with Crippen LogP contribution in [0.1, 0.15) is 27.7 Å². The van der Waals surface area contributed by atoms with Crippen LogP contribution < -0.4 is 0 Å². The largest absolute Gasteiger partial charge is 0.377 e. The van der Waals surface area contributed by atoms with Crippen molar-refractivity contribution in [2.24, 2.45) is 5.92 Å². The Kier molecular flexibility index (Phi) is 15.0. The summed E-state index contributed by atoms with van der Waals surface area (Å²) >= 11 is 0. The number of ether oxygens (including phenoxy) is 5. The first-order valence-corrected chi connectivity index (χ1v) is 7.99. The number of hydrogen-bond donors (Lipinski definition) is 0. The van der Waals surface area contributed by atoms with Gasteiger partial charge in [-0.1, -0.05) is 13.8 Å². The van der Waals surface area contributed by atoms with Gasteiger partial charge in [0.25, 0.3) is 0 Å². The third-order valence-electron chi connectivity index (χ3n) is 2.68. The van der Waals surface area contributed by atoms with Crippen molar-refractivity contribution in [3.8, 4) is 0 Å². The Morgan fingerprint density at radius 1 is 0.682 bits per heavy atom. The first-order chi connectivity index (χ1) is 10.5. The van der Waals surface area contributed by atoms with Crippen LogP contribution >= 0.6 is 0 Å². The van der Waals surface area contributed by atoms with Crippen LogP contribution in [0.15, 0.2) is 0 Å². The van der Waals surface area contributed by atoms with Crippen molar-refractivity contribution in [2.45, 2.75) is 33.8 Å². The van der Waals surface area contributed by atoms with E-state index in [0.717, 1.165) is 0 Å². The molecule has 6 heteroatoms. The maximum Gasteiger partial charge on any atom is 0.160 e. The lowest BCUT2D eigenvalue weighted by atomic mass is 10.1. The Labute approximate surface area is 134 Å². The van der Waals surface area contributed by atoms with Crippen molar-refractivity contribution in [3.63, 3.8) is 0 Å². The minimum atomic E-state index is 0.0217. The number of carbonyl (C=O) groups excluding carboxylic acids is 1. The van der Waals surface area contributed by atoms with Gasteiger partial charge in [-0.2, -0.15) is 0 Å². The van der Waals surface area contributed by atoms with Crippen LogP contribution in [0.4, 0.5) is 0 Å². The van der Waals surface area contributed by atoms with E-state index in [1.54, 1.807) is 0 Å². The molecule has 0 aromatic carbocycles. The van der Waals surface area contributed by atoms with E-state index in [1.165, 1.54) is 0 Å². The first kappa shape index (κ1) is 21.5. The fourth-order valence-electron chi connectivity index (χ4n) is 1.34. The molecule has 0 aliphatic rings. The molecule has 0 aromatic rings. The normalized spacial score (nSPS) is 11.5. The second kappa shape index (κ2) is 15.4. The highest BCUT2D eigenvalue weighted by atomic mass is 16.6. The third-order valence-corrected chi connectivity index (χ3v) is 2.68. The molecule has 0 fully saturated rings. The van der Waals surface area contributed by atoms with E-state index in [2.05, 4.69) is 0 Å². The predicted molar refractivity (Wildman–Crippen MR) is 84.2 cm³/mol. The fraction of sp³-hybridized carbons (Fsp3) is 0.938. The molecule has 0 saturated carbocycles. The summed E-state index contributed by atoms with van der Waals surface area (Å²) in [6.07, 6.45) is 0.240. The van der Waals surface area contributed by atoms with Crippen molar-refractivity contribution < 1.29 is 28.5 Å². The van der Waals surface area contributed by atoms with Crippen molar-refractivity contribution in [1.29, 1.82) is 0 Å². The maximum absolute atomic E-state index is 11.3. The molecule has 132 valence electrons. The molecule has 0 unspecified atom stereocenters. The lowest BCUT2D eigenvalue weighted by molar-refractivity contribution is -0.127. The van der Waals surface area contributed by atoms with Gasteiger partial charge in [-0.05, 0) is 13.8 Å². The average Bonchev–Trinajstić information content (AvgIpc) is 2.46. The van der Waals surface area contributed by atoms with Crippen LogP contribution in [0.5, 0.6) is 0 Å². The predicted octanol–water partition coefficient (Wildman–Crippen LogP) is 1.70. The highest BCUT2D eigenvalue weighted by molar-refractivity contribution is 5.81. The molecule has 0 radical (unpaired) electrons. The average molecular weight is 320 g/mol. The van der Waals surface area contributed by atoms with E-state index in [9.17, 15) is 4.79 Å².